The van der Waals surface area contributed by atoms with Crippen LogP contribution >= 0.6 is 0 Å². The van der Waals surface area contributed by atoms with Crippen LogP contribution in [0.15, 0.2) is 35.2 Å². The van der Waals surface area contributed by atoms with Crippen LogP contribution in [0.4, 0.5) is 11.8 Å². The fraction of sp³-hybridized carbons (Fsp3) is 0.286. The van der Waals surface area contributed by atoms with Gasteiger partial charge < -0.3 is 11.5 Å². The molecule has 3 rings (SSSR count). The van der Waals surface area contributed by atoms with Gasteiger partial charge in [0.15, 0.2) is 9.84 Å². The highest BCUT2D eigenvalue weighted by Crippen LogP contribution is 2.30. The Balaban J connectivity index is 1.97. The minimum Gasteiger partial charge on any atom is -0.383 e. The van der Waals surface area contributed by atoms with Crippen molar-refractivity contribution in [2.24, 2.45) is 0 Å². The normalized spacial score (nSPS) is 18.2. The third-order valence-electron chi connectivity index (χ3n) is 3.79. The summed E-state index contributed by atoms with van der Waals surface area (Å²) in [4.78, 5) is 8.42. The quantitative estimate of drug-likeness (QED) is 0.855. The van der Waals surface area contributed by atoms with Gasteiger partial charge in [-0.3, -0.25) is 0 Å². The third kappa shape index (κ3) is 2.44. The van der Waals surface area contributed by atoms with Gasteiger partial charge in [-0.15, -0.1) is 0 Å². The highest BCUT2D eigenvalue weighted by Gasteiger charge is 2.33. The smallest absolute Gasteiger partial charge is 0.222 e. The van der Waals surface area contributed by atoms with Gasteiger partial charge in [0.1, 0.15) is 5.82 Å². The predicted molar refractivity (Wildman–Crippen MR) is 80.3 cm³/mol. The van der Waals surface area contributed by atoms with Crippen LogP contribution < -0.4 is 11.5 Å². The summed E-state index contributed by atoms with van der Waals surface area (Å²) >= 11 is 0. The number of sulfone groups is 1. The first-order valence-electron chi connectivity index (χ1n) is 6.68. The van der Waals surface area contributed by atoms with Crippen molar-refractivity contribution in [2.75, 3.05) is 11.5 Å². The lowest BCUT2D eigenvalue weighted by molar-refractivity contribution is 0.559. The Hall–Kier alpha value is -2.15. The Morgan fingerprint density at radius 1 is 1.10 bits per heavy atom. The zero-order valence-electron chi connectivity index (χ0n) is 11.4. The molecule has 6 nitrogen and oxygen atoms in total. The standard InChI is InChI=1S/C14H16N4O2S/c15-13-11-8-10(6-7-12(11)17-14(16)18-13)21(19,20)9-4-2-1-3-5-9/h1-5,10H,6-8H2,(H4,15,16,17,18). The topological polar surface area (TPSA) is 112 Å². The number of hydrogen-bond donors (Lipinski definition) is 2. The Morgan fingerprint density at radius 3 is 2.52 bits per heavy atom. The zero-order valence-corrected chi connectivity index (χ0v) is 12.2. The second kappa shape index (κ2) is 5.00. The van der Waals surface area contributed by atoms with E-state index in [1.54, 1.807) is 30.3 Å². The summed E-state index contributed by atoms with van der Waals surface area (Å²) in [6.45, 7) is 0. The molecular weight excluding hydrogens is 288 g/mol. The lowest BCUT2D eigenvalue weighted by atomic mass is 9.96. The number of anilines is 2. The van der Waals surface area contributed by atoms with Crippen LogP contribution in [0.25, 0.3) is 0 Å². The molecule has 0 bridgehead atoms. The van der Waals surface area contributed by atoms with Gasteiger partial charge in [0, 0.05) is 5.56 Å². The van der Waals surface area contributed by atoms with Crippen molar-refractivity contribution in [1.82, 2.24) is 9.97 Å². The van der Waals surface area contributed by atoms with Crippen LogP contribution in [0.2, 0.25) is 0 Å². The Morgan fingerprint density at radius 2 is 1.81 bits per heavy atom. The number of nitrogens with two attached hydrogens (primary N) is 2. The average Bonchev–Trinajstić information content (AvgIpc) is 2.47. The van der Waals surface area contributed by atoms with Crippen LogP contribution in [0, 0.1) is 0 Å². The molecule has 1 aromatic heterocycles. The highest BCUT2D eigenvalue weighted by atomic mass is 32.2. The van der Waals surface area contributed by atoms with Crippen LogP contribution in [0.3, 0.4) is 0 Å². The lowest BCUT2D eigenvalue weighted by Gasteiger charge is -2.24. The Kier molecular flexibility index (Phi) is 3.29. The van der Waals surface area contributed by atoms with Crippen LogP contribution in [-0.4, -0.2) is 23.6 Å². The number of nitrogen functional groups attached to an aromatic ring is 2. The van der Waals surface area contributed by atoms with E-state index in [4.69, 9.17) is 11.5 Å². The molecule has 1 aliphatic carbocycles. The molecule has 1 unspecified atom stereocenters. The summed E-state index contributed by atoms with van der Waals surface area (Å²) in [7, 11) is -3.37. The number of benzene rings is 1. The van der Waals surface area contributed by atoms with Crippen LogP contribution in [0.1, 0.15) is 17.7 Å². The van der Waals surface area contributed by atoms with Crippen molar-refractivity contribution in [1.29, 1.82) is 0 Å². The van der Waals surface area contributed by atoms with Crippen molar-refractivity contribution >= 4 is 21.6 Å². The molecule has 0 fully saturated rings. The summed E-state index contributed by atoms with van der Waals surface area (Å²) in [5.41, 5.74) is 12.9. The second-order valence-corrected chi connectivity index (χ2v) is 7.34. The average molecular weight is 304 g/mol. The van der Waals surface area contributed by atoms with Crippen molar-refractivity contribution in [3.63, 3.8) is 0 Å². The summed E-state index contributed by atoms with van der Waals surface area (Å²) in [5.74, 6) is 0.418. The van der Waals surface area contributed by atoms with Crippen molar-refractivity contribution in [3.05, 3.63) is 41.6 Å². The van der Waals surface area contributed by atoms with Gasteiger partial charge in [-0.05, 0) is 31.4 Å². The summed E-state index contributed by atoms with van der Waals surface area (Å²) in [6, 6.07) is 8.48. The largest absolute Gasteiger partial charge is 0.383 e. The number of aryl methyl sites for hydroxylation is 1. The first-order valence-corrected chi connectivity index (χ1v) is 8.23. The maximum atomic E-state index is 12.7. The number of nitrogens with zero attached hydrogens (tertiary/aromatic N) is 2. The molecule has 0 aliphatic heterocycles. The van der Waals surface area contributed by atoms with E-state index < -0.39 is 15.1 Å². The van der Waals surface area contributed by atoms with Crippen molar-refractivity contribution in [3.8, 4) is 0 Å². The van der Waals surface area contributed by atoms with Crippen LogP contribution in [0.5, 0.6) is 0 Å². The molecule has 4 N–H and O–H groups in total. The fourth-order valence-corrected chi connectivity index (χ4v) is 4.43. The second-order valence-electron chi connectivity index (χ2n) is 5.12. The maximum Gasteiger partial charge on any atom is 0.222 e. The summed E-state index contributed by atoms with van der Waals surface area (Å²) in [6.07, 6.45) is 1.39. The van der Waals surface area contributed by atoms with E-state index >= 15 is 0 Å². The van der Waals surface area contributed by atoms with E-state index in [2.05, 4.69) is 9.97 Å². The van der Waals surface area contributed by atoms with E-state index in [0.717, 1.165) is 5.69 Å². The number of rotatable bonds is 2. The van der Waals surface area contributed by atoms with Gasteiger partial charge in [-0.2, -0.15) is 4.98 Å². The minimum atomic E-state index is -3.37. The van der Waals surface area contributed by atoms with Crippen molar-refractivity contribution < 1.29 is 8.42 Å². The van der Waals surface area contributed by atoms with E-state index in [1.165, 1.54) is 0 Å². The SMILES string of the molecule is Nc1nc(N)c2c(n1)CCC(S(=O)(=O)c1ccccc1)C2. The molecule has 0 spiro atoms. The molecule has 1 aromatic carbocycles. The molecule has 0 amide bonds. The van der Waals surface area contributed by atoms with Crippen molar-refractivity contribution in [2.45, 2.75) is 29.4 Å². The predicted octanol–water partition coefficient (Wildman–Crippen LogP) is 0.972. The first kappa shape index (κ1) is 13.8. The van der Waals surface area contributed by atoms with E-state index in [0.29, 0.717) is 29.7 Å². The Labute approximate surface area is 123 Å². The van der Waals surface area contributed by atoms with Gasteiger partial charge in [0.2, 0.25) is 5.95 Å². The molecule has 7 heteroatoms. The summed E-state index contributed by atoms with van der Waals surface area (Å²) < 4.78 is 25.3. The van der Waals surface area contributed by atoms with E-state index in [9.17, 15) is 8.42 Å². The third-order valence-corrected chi connectivity index (χ3v) is 6.00. The van der Waals surface area contributed by atoms with E-state index in [-0.39, 0.29) is 11.8 Å². The molecule has 1 heterocycles. The maximum absolute atomic E-state index is 12.7. The number of aromatic nitrogens is 2. The molecule has 0 saturated carbocycles. The van der Waals surface area contributed by atoms with Gasteiger partial charge in [-0.1, -0.05) is 18.2 Å². The monoisotopic (exact) mass is 304 g/mol. The molecule has 110 valence electrons. The number of hydrogen-bond acceptors (Lipinski definition) is 6. The van der Waals surface area contributed by atoms with Gasteiger partial charge in [0.05, 0.1) is 15.8 Å². The summed E-state index contributed by atoms with van der Waals surface area (Å²) in [5, 5.41) is -0.498. The van der Waals surface area contributed by atoms with Crippen LogP contribution in [-0.2, 0) is 22.7 Å². The van der Waals surface area contributed by atoms with E-state index in [1.807, 2.05) is 0 Å². The van der Waals surface area contributed by atoms with Gasteiger partial charge in [-0.25, -0.2) is 13.4 Å². The molecule has 21 heavy (non-hydrogen) atoms. The fourth-order valence-electron chi connectivity index (χ4n) is 2.69. The molecule has 2 aromatic rings. The molecule has 0 radical (unpaired) electrons. The van der Waals surface area contributed by atoms with Gasteiger partial charge in [0.25, 0.3) is 0 Å². The first-order chi connectivity index (χ1) is 9.98. The molecular formula is C14H16N4O2S. The molecule has 0 saturated heterocycles. The molecule has 1 aliphatic rings. The lowest BCUT2D eigenvalue weighted by Crippen LogP contribution is -2.30. The molecule has 1 atom stereocenters. The number of fused-ring (bicyclic) bond motifs is 1. The minimum absolute atomic E-state index is 0.135. The zero-order chi connectivity index (χ0) is 15.0. The highest BCUT2D eigenvalue weighted by molar-refractivity contribution is 7.92. The van der Waals surface area contributed by atoms with Gasteiger partial charge >= 0.3 is 0 Å². The Bertz CT molecular complexity index is 775.